The zero-order valence-corrected chi connectivity index (χ0v) is 18.4. The number of amides is 1. The van der Waals surface area contributed by atoms with Crippen LogP contribution in [0, 0.1) is 19.7 Å². The molecule has 0 radical (unpaired) electrons. The molecular weight excluding hydrogens is 415 g/mol. The van der Waals surface area contributed by atoms with Crippen LogP contribution in [-0.4, -0.2) is 47.0 Å². The van der Waals surface area contributed by atoms with E-state index in [9.17, 15) is 9.18 Å². The van der Waals surface area contributed by atoms with Crippen molar-refractivity contribution in [3.63, 3.8) is 0 Å². The Morgan fingerprint density at radius 1 is 1.03 bits per heavy atom. The van der Waals surface area contributed by atoms with E-state index in [4.69, 9.17) is 16.6 Å². The lowest BCUT2D eigenvalue weighted by atomic mass is 10.0. The molecule has 7 heteroatoms. The van der Waals surface area contributed by atoms with E-state index < -0.39 is 0 Å². The molecule has 1 saturated heterocycles. The molecule has 1 aliphatic heterocycles. The van der Waals surface area contributed by atoms with Crippen LogP contribution in [0.15, 0.2) is 48.5 Å². The fourth-order valence-electron chi connectivity index (χ4n) is 3.93. The molecule has 0 aliphatic carbocycles. The zero-order valence-electron chi connectivity index (χ0n) is 17.6. The number of carbonyl (C=O) groups is 1. The molecule has 0 N–H and O–H groups in total. The summed E-state index contributed by atoms with van der Waals surface area (Å²) in [5.41, 5.74) is 3.64. The van der Waals surface area contributed by atoms with Crippen molar-refractivity contribution in [3.05, 3.63) is 87.6 Å². The molecule has 0 saturated carbocycles. The third-order valence-electron chi connectivity index (χ3n) is 5.53. The van der Waals surface area contributed by atoms with Gasteiger partial charge in [-0.15, -0.1) is 0 Å². The summed E-state index contributed by atoms with van der Waals surface area (Å²) in [5, 5.41) is 0.706. The first-order chi connectivity index (χ1) is 14.9. The van der Waals surface area contributed by atoms with Gasteiger partial charge in [0.05, 0.1) is 0 Å². The molecule has 31 heavy (non-hydrogen) atoms. The molecule has 0 atom stereocenters. The Morgan fingerprint density at radius 2 is 1.74 bits per heavy atom. The Balaban J connectivity index is 1.52. The van der Waals surface area contributed by atoms with Gasteiger partial charge >= 0.3 is 0 Å². The summed E-state index contributed by atoms with van der Waals surface area (Å²) in [6.45, 7) is 6.40. The summed E-state index contributed by atoms with van der Waals surface area (Å²) in [7, 11) is 0. The van der Waals surface area contributed by atoms with Crippen LogP contribution in [0.1, 0.15) is 33.0 Å². The third-order valence-corrected chi connectivity index (χ3v) is 5.77. The Labute approximate surface area is 186 Å². The number of piperazine rings is 1. The quantitative estimate of drug-likeness (QED) is 0.604. The molecule has 4 rings (SSSR count). The number of benzene rings is 2. The van der Waals surface area contributed by atoms with E-state index >= 15 is 0 Å². The molecule has 1 amide bonds. The Hall–Kier alpha value is -2.99. The van der Waals surface area contributed by atoms with Gasteiger partial charge in [0, 0.05) is 54.4 Å². The Bertz CT molecular complexity index is 1100. The standard InChI is InChI=1S/C24H24ClFN4O/c1-16-22(15-18-4-3-5-20(25)14-18)23(28-17(2)27-16)29-10-12-30(13-11-29)24(31)19-6-8-21(26)9-7-19/h3-9,14H,10-13,15H2,1-2H3. The smallest absolute Gasteiger partial charge is 0.253 e. The lowest BCUT2D eigenvalue weighted by Gasteiger charge is -2.36. The average Bonchev–Trinajstić information content (AvgIpc) is 2.76. The Kier molecular flexibility index (Phi) is 6.18. The van der Waals surface area contributed by atoms with Gasteiger partial charge in [-0.05, 0) is 55.8 Å². The second-order valence-corrected chi connectivity index (χ2v) is 8.19. The summed E-state index contributed by atoms with van der Waals surface area (Å²) in [5.74, 6) is 1.22. The second-order valence-electron chi connectivity index (χ2n) is 7.75. The molecule has 3 aromatic rings. The van der Waals surface area contributed by atoms with Gasteiger partial charge in [0.1, 0.15) is 17.5 Å². The fourth-order valence-corrected chi connectivity index (χ4v) is 4.15. The monoisotopic (exact) mass is 438 g/mol. The van der Waals surface area contributed by atoms with Crippen LogP contribution in [0.3, 0.4) is 0 Å². The summed E-state index contributed by atoms with van der Waals surface area (Å²) in [6, 6.07) is 13.5. The van der Waals surface area contributed by atoms with Crippen LogP contribution in [0.25, 0.3) is 0 Å². The number of rotatable bonds is 4. The first-order valence-electron chi connectivity index (χ1n) is 10.3. The van der Waals surface area contributed by atoms with Crippen molar-refractivity contribution in [2.75, 3.05) is 31.1 Å². The number of nitrogens with zero attached hydrogens (tertiary/aromatic N) is 4. The molecule has 1 aliphatic rings. The molecule has 0 spiro atoms. The highest BCUT2D eigenvalue weighted by Crippen LogP contribution is 2.26. The van der Waals surface area contributed by atoms with Crippen molar-refractivity contribution in [2.45, 2.75) is 20.3 Å². The summed E-state index contributed by atoms with van der Waals surface area (Å²) >= 11 is 6.17. The van der Waals surface area contributed by atoms with Crippen molar-refractivity contribution in [2.24, 2.45) is 0 Å². The van der Waals surface area contributed by atoms with Gasteiger partial charge in [0.2, 0.25) is 0 Å². The zero-order chi connectivity index (χ0) is 22.0. The van der Waals surface area contributed by atoms with E-state index in [1.54, 1.807) is 4.90 Å². The van der Waals surface area contributed by atoms with E-state index in [1.165, 1.54) is 24.3 Å². The topological polar surface area (TPSA) is 49.3 Å². The molecular formula is C24H24ClFN4O. The summed E-state index contributed by atoms with van der Waals surface area (Å²) in [6.07, 6.45) is 0.691. The van der Waals surface area contributed by atoms with Crippen LogP contribution >= 0.6 is 11.6 Å². The van der Waals surface area contributed by atoms with Gasteiger partial charge in [-0.2, -0.15) is 0 Å². The van der Waals surface area contributed by atoms with Gasteiger partial charge in [0.25, 0.3) is 5.91 Å². The normalized spacial score (nSPS) is 14.1. The molecule has 1 fully saturated rings. The van der Waals surface area contributed by atoms with E-state index in [-0.39, 0.29) is 11.7 Å². The van der Waals surface area contributed by atoms with Gasteiger partial charge in [-0.3, -0.25) is 4.79 Å². The highest BCUT2D eigenvalue weighted by atomic mass is 35.5. The molecule has 0 unspecified atom stereocenters. The van der Waals surface area contributed by atoms with E-state index in [0.29, 0.717) is 43.2 Å². The van der Waals surface area contributed by atoms with Crippen molar-refractivity contribution >= 4 is 23.3 Å². The van der Waals surface area contributed by atoms with Gasteiger partial charge in [-0.25, -0.2) is 14.4 Å². The summed E-state index contributed by atoms with van der Waals surface area (Å²) < 4.78 is 13.2. The number of aryl methyl sites for hydroxylation is 2. The largest absolute Gasteiger partial charge is 0.353 e. The van der Waals surface area contributed by atoms with E-state index in [0.717, 1.165) is 28.5 Å². The maximum Gasteiger partial charge on any atom is 0.253 e. The molecule has 5 nitrogen and oxygen atoms in total. The number of aromatic nitrogens is 2. The van der Waals surface area contributed by atoms with Gasteiger partial charge in [0.15, 0.2) is 0 Å². The molecule has 2 aromatic carbocycles. The van der Waals surface area contributed by atoms with E-state index in [2.05, 4.69) is 9.88 Å². The highest BCUT2D eigenvalue weighted by Gasteiger charge is 2.25. The minimum atomic E-state index is -0.344. The number of hydrogen-bond acceptors (Lipinski definition) is 4. The predicted octanol–water partition coefficient (Wildman–Crippen LogP) is 4.44. The SMILES string of the molecule is Cc1nc(C)c(Cc2cccc(Cl)c2)c(N2CCN(C(=O)c3ccc(F)cc3)CC2)n1. The average molecular weight is 439 g/mol. The second kappa shape index (κ2) is 9.02. The number of hydrogen-bond donors (Lipinski definition) is 0. The van der Waals surface area contributed by atoms with Crippen LogP contribution < -0.4 is 4.90 Å². The van der Waals surface area contributed by atoms with Crippen LogP contribution in [0.5, 0.6) is 0 Å². The summed E-state index contributed by atoms with van der Waals surface area (Å²) in [4.78, 5) is 26.1. The van der Waals surface area contributed by atoms with E-state index in [1.807, 2.05) is 38.1 Å². The predicted molar refractivity (Wildman–Crippen MR) is 120 cm³/mol. The van der Waals surface area contributed by atoms with Crippen molar-refractivity contribution < 1.29 is 9.18 Å². The lowest BCUT2D eigenvalue weighted by molar-refractivity contribution is 0.0746. The Morgan fingerprint density at radius 3 is 2.42 bits per heavy atom. The third kappa shape index (κ3) is 4.85. The fraction of sp³-hybridized carbons (Fsp3) is 0.292. The van der Waals surface area contributed by atoms with Crippen molar-refractivity contribution in [3.8, 4) is 0 Å². The minimum absolute atomic E-state index is 0.0751. The van der Waals surface area contributed by atoms with Crippen LogP contribution in [0.2, 0.25) is 5.02 Å². The molecule has 0 bridgehead atoms. The van der Waals surface area contributed by atoms with Crippen molar-refractivity contribution in [1.29, 1.82) is 0 Å². The van der Waals surface area contributed by atoms with Crippen molar-refractivity contribution in [1.82, 2.24) is 14.9 Å². The number of carbonyl (C=O) groups excluding carboxylic acids is 1. The maximum absolute atomic E-state index is 13.2. The number of anilines is 1. The molecule has 160 valence electrons. The maximum atomic E-state index is 13.2. The minimum Gasteiger partial charge on any atom is -0.353 e. The van der Waals surface area contributed by atoms with Gasteiger partial charge < -0.3 is 9.80 Å². The first-order valence-corrected chi connectivity index (χ1v) is 10.7. The number of halogens is 2. The highest BCUT2D eigenvalue weighted by molar-refractivity contribution is 6.30. The van der Waals surface area contributed by atoms with Gasteiger partial charge in [-0.1, -0.05) is 23.7 Å². The first kappa shape index (κ1) is 21.2. The van der Waals surface area contributed by atoms with Crippen LogP contribution in [0.4, 0.5) is 10.2 Å². The molecule has 1 aromatic heterocycles. The van der Waals surface area contributed by atoms with Crippen LogP contribution in [-0.2, 0) is 6.42 Å². The lowest BCUT2D eigenvalue weighted by Crippen LogP contribution is -2.49. The molecule has 2 heterocycles.